The van der Waals surface area contributed by atoms with Crippen LogP contribution >= 0.6 is 0 Å². The van der Waals surface area contributed by atoms with Gasteiger partial charge in [-0.05, 0) is 17.3 Å². The zero-order valence-electron chi connectivity index (χ0n) is 11.7. The predicted molar refractivity (Wildman–Crippen MR) is 71.1 cm³/mol. The smallest absolute Gasteiger partial charge is 0.246 e. The minimum absolute atomic E-state index is 0.0581. The Labute approximate surface area is 121 Å². The second-order valence-corrected chi connectivity index (χ2v) is 4.22. The quantitative estimate of drug-likeness (QED) is 0.693. The number of aliphatic hydroxyl groups is 1. The van der Waals surface area contributed by atoms with Gasteiger partial charge in [0.25, 0.3) is 0 Å². The number of hydrogen-bond acceptors (Lipinski definition) is 7. The van der Waals surface area contributed by atoms with Crippen molar-refractivity contribution in [3.8, 4) is 11.6 Å². The summed E-state index contributed by atoms with van der Waals surface area (Å²) in [5.74, 6) is 0.586. The van der Waals surface area contributed by atoms with Gasteiger partial charge in [0.05, 0.1) is 19.5 Å². The van der Waals surface area contributed by atoms with E-state index >= 15 is 0 Å². The van der Waals surface area contributed by atoms with Gasteiger partial charge in [0, 0.05) is 20.2 Å². The molecule has 0 radical (unpaired) electrons. The number of amides is 1. The molecule has 0 aromatic carbocycles. The summed E-state index contributed by atoms with van der Waals surface area (Å²) in [6, 6.07) is 3.43. The highest BCUT2D eigenvalue weighted by atomic mass is 16.5. The Morgan fingerprint density at radius 2 is 2.38 bits per heavy atom. The lowest BCUT2D eigenvalue weighted by molar-refractivity contribution is -0.133. The summed E-state index contributed by atoms with van der Waals surface area (Å²) in [4.78, 5) is 14.8. The van der Waals surface area contributed by atoms with Crippen LogP contribution in [0.4, 0.5) is 0 Å². The largest absolute Gasteiger partial charge is 0.461 e. The molecule has 0 fully saturated rings. The van der Waals surface area contributed by atoms with E-state index in [2.05, 4.69) is 15.4 Å². The summed E-state index contributed by atoms with van der Waals surface area (Å²) >= 11 is 0. The topological polar surface area (TPSA) is 107 Å². The molecule has 0 aliphatic rings. The van der Waals surface area contributed by atoms with Gasteiger partial charge in [-0.15, -0.1) is 10.2 Å². The van der Waals surface area contributed by atoms with Crippen molar-refractivity contribution in [1.82, 2.24) is 25.1 Å². The van der Waals surface area contributed by atoms with Crippen LogP contribution in [-0.4, -0.2) is 69.5 Å². The second-order valence-electron chi connectivity index (χ2n) is 4.22. The third-order valence-corrected chi connectivity index (χ3v) is 2.76. The van der Waals surface area contributed by atoms with Gasteiger partial charge in [0.15, 0.2) is 5.76 Å². The maximum absolute atomic E-state index is 12.1. The molecule has 9 nitrogen and oxygen atoms in total. The molecule has 2 aromatic rings. The van der Waals surface area contributed by atoms with Crippen molar-refractivity contribution in [1.29, 1.82) is 0 Å². The third-order valence-electron chi connectivity index (χ3n) is 2.76. The first kappa shape index (κ1) is 15.1. The van der Waals surface area contributed by atoms with E-state index in [1.165, 1.54) is 16.0 Å². The fourth-order valence-corrected chi connectivity index (χ4v) is 1.72. The summed E-state index contributed by atoms with van der Waals surface area (Å²) < 4.78 is 10.1. The van der Waals surface area contributed by atoms with Gasteiger partial charge in [0.1, 0.15) is 6.54 Å². The molecule has 114 valence electrons. The number of ether oxygens (including phenoxy) is 1. The molecule has 0 aliphatic carbocycles. The van der Waals surface area contributed by atoms with Crippen LogP contribution in [0, 0.1) is 0 Å². The average Bonchev–Trinajstić information content (AvgIpc) is 3.13. The Morgan fingerprint density at radius 3 is 3.05 bits per heavy atom. The number of hydrogen-bond donors (Lipinski definition) is 1. The normalized spacial score (nSPS) is 10.8. The zero-order valence-corrected chi connectivity index (χ0v) is 11.7. The molecule has 0 bridgehead atoms. The molecule has 0 aliphatic heterocycles. The van der Waals surface area contributed by atoms with Gasteiger partial charge in [-0.25, -0.2) is 0 Å². The van der Waals surface area contributed by atoms with E-state index in [4.69, 9.17) is 14.3 Å². The highest BCUT2D eigenvalue weighted by Gasteiger charge is 2.16. The van der Waals surface area contributed by atoms with Crippen molar-refractivity contribution >= 4 is 5.91 Å². The number of tetrazole rings is 1. The maximum atomic E-state index is 12.1. The lowest BCUT2D eigenvalue weighted by Crippen LogP contribution is -2.38. The molecule has 9 heteroatoms. The maximum Gasteiger partial charge on any atom is 0.246 e. The molecule has 0 unspecified atom stereocenters. The van der Waals surface area contributed by atoms with Crippen molar-refractivity contribution < 1.29 is 19.1 Å². The van der Waals surface area contributed by atoms with Gasteiger partial charge >= 0.3 is 0 Å². The van der Waals surface area contributed by atoms with E-state index in [0.717, 1.165) is 0 Å². The monoisotopic (exact) mass is 295 g/mol. The minimum atomic E-state index is -0.218. The first-order valence-corrected chi connectivity index (χ1v) is 6.44. The minimum Gasteiger partial charge on any atom is -0.461 e. The number of furan rings is 1. The predicted octanol–water partition coefficient (Wildman–Crippen LogP) is -0.600. The third kappa shape index (κ3) is 4.10. The highest BCUT2D eigenvalue weighted by molar-refractivity contribution is 5.75. The molecular weight excluding hydrogens is 278 g/mol. The number of nitrogens with zero attached hydrogens (tertiary/aromatic N) is 5. The highest BCUT2D eigenvalue weighted by Crippen LogP contribution is 2.12. The number of carbonyl (C=O) groups is 1. The molecule has 2 heterocycles. The van der Waals surface area contributed by atoms with Crippen LogP contribution in [0.3, 0.4) is 0 Å². The molecule has 2 aromatic heterocycles. The van der Waals surface area contributed by atoms with Crippen LogP contribution < -0.4 is 0 Å². The summed E-state index contributed by atoms with van der Waals surface area (Å²) in [5, 5.41) is 20.7. The van der Waals surface area contributed by atoms with E-state index in [-0.39, 0.29) is 25.6 Å². The van der Waals surface area contributed by atoms with Gasteiger partial charge in [-0.2, -0.15) is 4.80 Å². The molecule has 0 atom stereocenters. The zero-order chi connectivity index (χ0) is 15.1. The van der Waals surface area contributed by atoms with Crippen molar-refractivity contribution in [3.05, 3.63) is 18.4 Å². The van der Waals surface area contributed by atoms with Gasteiger partial charge < -0.3 is 19.2 Å². The Hall–Kier alpha value is -2.26. The SMILES string of the molecule is COCCN(CCO)C(=O)Cn1nnc(-c2ccco2)n1. The molecule has 0 saturated carbocycles. The van der Waals surface area contributed by atoms with Crippen molar-refractivity contribution in [2.45, 2.75) is 6.54 Å². The Morgan fingerprint density at radius 1 is 1.52 bits per heavy atom. The van der Waals surface area contributed by atoms with E-state index in [9.17, 15) is 4.79 Å². The van der Waals surface area contributed by atoms with Crippen molar-refractivity contribution in [2.24, 2.45) is 0 Å². The number of aliphatic hydroxyl groups excluding tert-OH is 1. The van der Waals surface area contributed by atoms with E-state index in [0.29, 0.717) is 24.7 Å². The Bertz CT molecular complexity index is 554. The fraction of sp³-hybridized carbons (Fsp3) is 0.500. The molecular formula is C12H17N5O4. The fourth-order valence-electron chi connectivity index (χ4n) is 1.72. The van der Waals surface area contributed by atoms with Gasteiger partial charge in [-0.1, -0.05) is 0 Å². The summed E-state index contributed by atoms with van der Waals surface area (Å²) in [5.41, 5.74) is 0. The first-order valence-electron chi connectivity index (χ1n) is 6.44. The Balaban J connectivity index is 1.97. The molecule has 0 spiro atoms. The van der Waals surface area contributed by atoms with Crippen molar-refractivity contribution in [3.63, 3.8) is 0 Å². The lowest BCUT2D eigenvalue weighted by Gasteiger charge is -2.20. The standard InChI is InChI=1S/C12H17N5O4/c1-20-8-5-16(4-6-18)11(19)9-17-14-12(13-15-17)10-3-2-7-21-10/h2-3,7,18H,4-6,8-9H2,1H3. The molecule has 1 amide bonds. The first-order chi connectivity index (χ1) is 10.2. The molecule has 2 rings (SSSR count). The van der Waals surface area contributed by atoms with E-state index < -0.39 is 0 Å². The van der Waals surface area contributed by atoms with Crippen molar-refractivity contribution in [2.75, 3.05) is 33.4 Å². The number of methoxy groups -OCH3 is 1. The summed E-state index contributed by atoms with van der Waals surface area (Å²) in [7, 11) is 1.55. The lowest BCUT2D eigenvalue weighted by atomic mass is 10.4. The summed E-state index contributed by atoms with van der Waals surface area (Å²) in [6.07, 6.45) is 1.51. The van der Waals surface area contributed by atoms with Crippen LogP contribution in [-0.2, 0) is 16.1 Å². The Kier molecular flexibility index (Phi) is 5.41. The molecule has 0 saturated heterocycles. The van der Waals surface area contributed by atoms with Crippen LogP contribution in [0.1, 0.15) is 0 Å². The molecule has 1 N–H and O–H groups in total. The van der Waals surface area contributed by atoms with Crippen LogP contribution in [0.2, 0.25) is 0 Å². The summed E-state index contributed by atoms with van der Waals surface area (Å²) in [6.45, 7) is 0.862. The van der Waals surface area contributed by atoms with E-state index in [1.54, 1.807) is 19.2 Å². The number of carbonyl (C=O) groups excluding carboxylic acids is 1. The average molecular weight is 295 g/mol. The number of aromatic nitrogens is 4. The van der Waals surface area contributed by atoms with Gasteiger partial charge in [-0.3, -0.25) is 4.79 Å². The van der Waals surface area contributed by atoms with E-state index in [1.807, 2.05) is 0 Å². The van der Waals surface area contributed by atoms with Crippen LogP contribution in [0.5, 0.6) is 0 Å². The van der Waals surface area contributed by atoms with Gasteiger partial charge in [0.2, 0.25) is 11.7 Å². The number of rotatable bonds is 8. The van der Waals surface area contributed by atoms with Crippen LogP contribution in [0.15, 0.2) is 22.8 Å². The second kappa shape index (κ2) is 7.50. The molecule has 21 heavy (non-hydrogen) atoms. The van der Waals surface area contributed by atoms with Crippen LogP contribution in [0.25, 0.3) is 11.6 Å².